The van der Waals surface area contributed by atoms with E-state index in [0.29, 0.717) is 12.8 Å². The largest absolute Gasteiger partial charge is 0.326 e. The minimum atomic E-state index is -0.342. The number of carbonyl (C=O) groups excluding carboxylic acids is 2. The molecular weight excluding hydrogens is 262 g/mol. The van der Waals surface area contributed by atoms with E-state index in [-0.39, 0.29) is 22.7 Å². The fourth-order valence-electron chi connectivity index (χ4n) is 5.85. The summed E-state index contributed by atoms with van der Waals surface area (Å²) in [5, 5.41) is -0.332. The van der Waals surface area contributed by atoms with E-state index < -0.39 is 0 Å². The molecule has 1 heterocycles. The Morgan fingerprint density at radius 3 is 2.11 bits per heavy atom. The topological polar surface area (TPSA) is 37.4 Å². The lowest BCUT2D eigenvalue weighted by molar-refractivity contribution is -0.152. The third-order valence-electron chi connectivity index (χ3n) is 5.99. The van der Waals surface area contributed by atoms with Crippen molar-refractivity contribution in [3.63, 3.8) is 0 Å². The second-order valence-electron chi connectivity index (χ2n) is 7.26. The molecule has 0 aromatic heterocycles. The second kappa shape index (κ2) is 3.97. The Labute approximate surface area is 118 Å². The van der Waals surface area contributed by atoms with Crippen LogP contribution in [-0.2, 0) is 9.59 Å². The maximum atomic E-state index is 12.3. The van der Waals surface area contributed by atoms with Crippen LogP contribution in [0.15, 0.2) is 0 Å². The average Bonchev–Trinajstić information content (AvgIpc) is 2.70. The maximum Gasteiger partial charge on any atom is 0.244 e. The van der Waals surface area contributed by atoms with Crippen LogP contribution in [0.1, 0.15) is 51.4 Å². The van der Waals surface area contributed by atoms with Crippen LogP contribution in [0.2, 0.25) is 0 Å². The van der Waals surface area contributed by atoms with Crippen molar-refractivity contribution in [1.82, 2.24) is 4.90 Å². The van der Waals surface area contributed by atoms with Crippen LogP contribution in [0, 0.1) is 17.8 Å². The Balaban J connectivity index is 1.70. The van der Waals surface area contributed by atoms with E-state index in [0.717, 1.165) is 37.0 Å². The summed E-state index contributed by atoms with van der Waals surface area (Å²) >= 11 is 5.75. The summed E-state index contributed by atoms with van der Waals surface area (Å²) in [4.78, 5) is 25.9. The number of hydrogen-bond acceptors (Lipinski definition) is 2. The summed E-state index contributed by atoms with van der Waals surface area (Å²) < 4.78 is 0. The molecule has 5 aliphatic rings. The minimum Gasteiger partial charge on any atom is -0.326 e. The van der Waals surface area contributed by atoms with Gasteiger partial charge in [-0.05, 0) is 74.3 Å². The second-order valence-corrected chi connectivity index (χ2v) is 7.64. The Kier molecular flexibility index (Phi) is 2.55. The lowest BCUT2D eigenvalue weighted by atomic mass is 9.52. The molecule has 19 heavy (non-hydrogen) atoms. The molecule has 1 unspecified atom stereocenters. The molecular formula is C15H20ClNO2. The van der Waals surface area contributed by atoms with Crippen molar-refractivity contribution in [1.29, 1.82) is 0 Å². The van der Waals surface area contributed by atoms with E-state index in [4.69, 9.17) is 11.6 Å². The molecule has 4 aliphatic carbocycles. The van der Waals surface area contributed by atoms with Crippen LogP contribution >= 0.6 is 11.6 Å². The average molecular weight is 282 g/mol. The molecule has 0 N–H and O–H groups in total. The van der Waals surface area contributed by atoms with Gasteiger partial charge in [0, 0.05) is 12.0 Å². The van der Waals surface area contributed by atoms with Crippen molar-refractivity contribution in [2.24, 2.45) is 17.8 Å². The van der Waals surface area contributed by atoms with Crippen molar-refractivity contribution in [3.05, 3.63) is 0 Å². The van der Waals surface area contributed by atoms with Crippen molar-refractivity contribution in [3.8, 4) is 0 Å². The molecule has 0 radical (unpaired) electrons. The van der Waals surface area contributed by atoms with E-state index in [1.807, 2.05) is 4.90 Å². The molecule has 3 nitrogen and oxygen atoms in total. The summed E-state index contributed by atoms with van der Waals surface area (Å²) in [6.07, 6.45) is 8.53. The van der Waals surface area contributed by atoms with Crippen LogP contribution in [0.25, 0.3) is 0 Å². The smallest absolute Gasteiger partial charge is 0.244 e. The predicted molar refractivity (Wildman–Crippen MR) is 71.6 cm³/mol. The molecule has 1 saturated heterocycles. The third kappa shape index (κ3) is 1.70. The van der Waals surface area contributed by atoms with Gasteiger partial charge in [0.2, 0.25) is 11.1 Å². The van der Waals surface area contributed by atoms with E-state index in [2.05, 4.69) is 0 Å². The highest BCUT2D eigenvalue weighted by molar-refractivity contribution is 6.65. The molecule has 1 aliphatic heterocycles. The van der Waals surface area contributed by atoms with Crippen LogP contribution in [-0.4, -0.2) is 27.6 Å². The zero-order valence-corrected chi connectivity index (χ0v) is 11.9. The molecule has 5 rings (SSSR count). The van der Waals surface area contributed by atoms with E-state index in [1.165, 1.54) is 19.3 Å². The first-order valence-corrected chi connectivity index (χ1v) is 7.97. The Morgan fingerprint density at radius 2 is 1.63 bits per heavy atom. The van der Waals surface area contributed by atoms with Gasteiger partial charge in [-0.25, -0.2) is 0 Å². The summed E-state index contributed by atoms with van der Waals surface area (Å²) in [7, 11) is 0. The molecule has 0 spiro atoms. The van der Waals surface area contributed by atoms with Crippen molar-refractivity contribution in [2.75, 3.05) is 0 Å². The molecule has 0 aromatic carbocycles. The van der Waals surface area contributed by atoms with Crippen molar-refractivity contribution >= 4 is 22.8 Å². The number of rotatable bonds is 2. The summed E-state index contributed by atoms with van der Waals surface area (Å²) in [6, 6.07) is -0.342. The Hall–Kier alpha value is -0.570. The van der Waals surface area contributed by atoms with E-state index >= 15 is 0 Å². The fraction of sp³-hybridized carbons (Fsp3) is 0.867. The van der Waals surface area contributed by atoms with Gasteiger partial charge in [-0.3, -0.25) is 9.59 Å². The van der Waals surface area contributed by atoms with Gasteiger partial charge in [0.05, 0.1) is 0 Å². The monoisotopic (exact) mass is 281 g/mol. The molecule has 4 saturated carbocycles. The quantitative estimate of drug-likeness (QED) is 0.730. The van der Waals surface area contributed by atoms with Gasteiger partial charge in [0.1, 0.15) is 6.04 Å². The van der Waals surface area contributed by atoms with Gasteiger partial charge in [-0.15, -0.1) is 0 Å². The summed E-state index contributed by atoms with van der Waals surface area (Å²) in [6.45, 7) is 0. The fourth-order valence-corrected chi connectivity index (χ4v) is 6.06. The van der Waals surface area contributed by atoms with Crippen LogP contribution in [0.5, 0.6) is 0 Å². The number of carbonyl (C=O) groups is 2. The molecule has 4 bridgehead atoms. The molecule has 1 amide bonds. The predicted octanol–water partition coefficient (Wildman–Crippen LogP) is 2.71. The normalized spacial score (nSPS) is 48.1. The van der Waals surface area contributed by atoms with E-state index in [9.17, 15) is 9.59 Å². The van der Waals surface area contributed by atoms with Crippen molar-refractivity contribution in [2.45, 2.75) is 62.9 Å². The highest BCUT2D eigenvalue weighted by atomic mass is 35.5. The Morgan fingerprint density at radius 1 is 1.11 bits per heavy atom. The van der Waals surface area contributed by atoms with Gasteiger partial charge in [-0.2, -0.15) is 0 Å². The number of amides is 1. The molecule has 0 aromatic rings. The van der Waals surface area contributed by atoms with Gasteiger partial charge in [0.15, 0.2) is 0 Å². The molecule has 104 valence electrons. The third-order valence-corrected chi connectivity index (χ3v) is 6.24. The molecule has 4 heteroatoms. The highest BCUT2D eigenvalue weighted by Crippen LogP contribution is 2.59. The molecule has 5 fully saturated rings. The van der Waals surface area contributed by atoms with E-state index in [1.54, 1.807) is 0 Å². The van der Waals surface area contributed by atoms with Gasteiger partial charge >= 0.3 is 0 Å². The minimum absolute atomic E-state index is 0.0163. The highest BCUT2D eigenvalue weighted by Gasteiger charge is 2.57. The van der Waals surface area contributed by atoms with Gasteiger partial charge in [0.25, 0.3) is 0 Å². The first kappa shape index (κ1) is 12.2. The standard InChI is InChI=1S/C15H20ClNO2/c16-14(19)12-1-2-13(18)17(12)15-6-9-3-10(7-15)5-11(4-9)8-15/h9-12H,1-8H2. The lowest BCUT2D eigenvalue weighted by Crippen LogP contribution is -2.63. The number of hydrogen-bond donors (Lipinski definition) is 0. The Bertz CT molecular complexity index is 412. The summed E-state index contributed by atoms with van der Waals surface area (Å²) in [5.41, 5.74) is -0.0163. The number of nitrogens with zero attached hydrogens (tertiary/aromatic N) is 1. The maximum absolute atomic E-state index is 12.3. The zero-order chi connectivity index (χ0) is 13.2. The van der Waals surface area contributed by atoms with Crippen LogP contribution in [0.4, 0.5) is 0 Å². The summed E-state index contributed by atoms with van der Waals surface area (Å²) in [5.74, 6) is 2.52. The number of halogens is 1. The SMILES string of the molecule is O=C(Cl)C1CCC(=O)N1C12CC3CC(CC(C3)C1)C2. The van der Waals surface area contributed by atoms with Crippen LogP contribution < -0.4 is 0 Å². The lowest BCUT2D eigenvalue weighted by Gasteiger charge is -2.60. The van der Waals surface area contributed by atoms with Crippen LogP contribution in [0.3, 0.4) is 0 Å². The number of likely N-dealkylation sites (tertiary alicyclic amines) is 1. The zero-order valence-electron chi connectivity index (χ0n) is 11.1. The van der Waals surface area contributed by atoms with Gasteiger partial charge < -0.3 is 4.90 Å². The van der Waals surface area contributed by atoms with Gasteiger partial charge in [-0.1, -0.05) is 0 Å². The first-order chi connectivity index (χ1) is 9.07. The van der Waals surface area contributed by atoms with Crippen molar-refractivity contribution < 1.29 is 9.59 Å². The molecule has 1 atom stereocenters. The first-order valence-electron chi connectivity index (χ1n) is 7.59.